The van der Waals surface area contributed by atoms with Crippen LogP contribution in [0.2, 0.25) is 5.02 Å². The van der Waals surface area contributed by atoms with E-state index < -0.39 is 0 Å². The van der Waals surface area contributed by atoms with Crippen LogP contribution in [0.5, 0.6) is 11.5 Å². The third-order valence-corrected chi connectivity index (χ3v) is 7.14. The number of fused-ring (bicyclic) bond motifs is 1. The molecule has 0 bridgehead atoms. The number of aromatic nitrogens is 2. The monoisotopic (exact) mass is 617 g/mol. The number of halogens is 3. The molecule has 0 aliphatic carbocycles. The van der Waals surface area contributed by atoms with E-state index in [-0.39, 0.29) is 5.56 Å². The summed E-state index contributed by atoms with van der Waals surface area (Å²) < 4.78 is 14.5. The van der Waals surface area contributed by atoms with Crippen LogP contribution in [0.25, 0.3) is 10.9 Å². The summed E-state index contributed by atoms with van der Waals surface area (Å²) in [5.41, 5.74) is 3.14. The summed E-state index contributed by atoms with van der Waals surface area (Å²) in [6, 6.07) is 15.2. The SMILES string of the molecule is CCOc1cc(C=Nn2c(C)nc3ccc(Br)cc3c2=O)c(Br)c(Cl)c1OCc1cccc(C)c1. The van der Waals surface area contributed by atoms with Crippen LogP contribution in [0.1, 0.15) is 29.4 Å². The molecule has 3 aromatic carbocycles. The van der Waals surface area contributed by atoms with E-state index >= 15 is 0 Å². The topological polar surface area (TPSA) is 65.7 Å². The van der Waals surface area contributed by atoms with Crippen LogP contribution in [0, 0.1) is 13.8 Å². The van der Waals surface area contributed by atoms with Gasteiger partial charge in [-0.25, -0.2) is 4.98 Å². The van der Waals surface area contributed by atoms with Gasteiger partial charge < -0.3 is 9.47 Å². The van der Waals surface area contributed by atoms with Crippen LogP contribution in [-0.2, 0) is 6.61 Å². The third-order valence-electron chi connectivity index (χ3n) is 5.20. The Morgan fingerprint density at radius 1 is 1.11 bits per heavy atom. The van der Waals surface area contributed by atoms with Crippen LogP contribution in [0.15, 0.2) is 67.4 Å². The molecule has 35 heavy (non-hydrogen) atoms. The van der Waals surface area contributed by atoms with Gasteiger partial charge in [-0.15, -0.1) is 0 Å². The Bertz CT molecular complexity index is 1500. The van der Waals surface area contributed by atoms with E-state index in [9.17, 15) is 4.79 Å². The van der Waals surface area contributed by atoms with Crippen LogP contribution >= 0.6 is 43.5 Å². The van der Waals surface area contributed by atoms with Gasteiger partial charge in [0.2, 0.25) is 0 Å². The minimum Gasteiger partial charge on any atom is -0.490 e. The van der Waals surface area contributed by atoms with Crippen molar-refractivity contribution >= 4 is 60.6 Å². The van der Waals surface area contributed by atoms with Gasteiger partial charge in [0.05, 0.1) is 23.7 Å². The summed E-state index contributed by atoms with van der Waals surface area (Å²) in [5.74, 6) is 1.38. The van der Waals surface area contributed by atoms with E-state index in [1.807, 2.05) is 38.1 Å². The molecule has 9 heteroatoms. The number of ether oxygens (including phenoxy) is 2. The molecule has 180 valence electrons. The van der Waals surface area contributed by atoms with Crippen molar-refractivity contribution in [1.82, 2.24) is 9.66 Å². The predicted molar refractivity (Wildman–Crippen MR) is 147 cm³/mol. The van der Waals surface area contributed by atoms with Crippen molar-refractivity contribution in [3.05, 3.63) is 95.4 Å². The van der Waals surface area contributed by atoms with Crippen LogP contribution < -0.4 is 15.0 Å². The Balaban J connectivity index is 1.71. The smallest absolute Gasteiger partial charge is 0.282 e. The zero-order valence-electron chi connectivity index (χ0n) is 19.3. The summed E-state index contributed by atoms with van der Waals surface area (Å²) in [5, 5.41) is 5.23. The number of hydrogen-bond acceptors (Lipinski definition) is 5. The van der Waals surface area contributed by atoms with Crippen molar-refractivity contribution < 1.29 is 9.47 Å². The van der Waals surface area contributed by atoms with Gasteiger partial charge in [-0.05, 0) is 66.5 Å². The lowest BCUT2D eigenvalue weighted by Gasteiger charge is -2.16. The molecular weight excluding hydrogens is 598 g/mol. The second kappa shape index (κ2) is 10.9. The van der Waals surface area contributed by atoms with Gasteiger partial charge in [0, 0.05) is 14.5 Å². The Hall–Kier alpha value is -2.68. The average Bonchev–Trinajstić information content (AvgIpc) is 2.82. The van der Waals surface area contributed by atoms with Gasteiger partial charge >= 0.3 is 0 Å². The highest BCUT2D eigenvalue weighted by atomic mass is 79.9. The first-order valence-electron chi connectivity index (χ1n) is 10.8. The quantitative estimate of drug-likeness (QED) is 0.208. The molecule has 1 heterocycles. The zero-order chi connectivity index (χ0) is 25.1. The first-order valence-corrected chi connectivity index (χ1v) is 12.8. The Labute approximate surface area is 224 Å². The molecule has 0 spiro atoms. The van der Waals surface area contributed by atoms with E-state index in [1.54, 1.807) is 31.3 Å². The van der Waals surface area contributed by atoms with Gasteiger partial charge in [0.25, 0.3) is 5.56 Å². The molecule has 1 aromatic heterocycles. The minimum absolute atomic E-state index is 0.268. The molecule has 0 atom stereocenters. The molecule has 0 aliphatic rings. The maximum Gasteiger partial charge on any atom is 0.282 e. The van der Waals surface area contributed by atoms with Crippen molar-refractivity contribution in [2.75, 3.05) is 6.61 Å². The Morgan fingerprint density at radius 3 is 2.66 bits per heavy atom. The Kier molecular flexibility index (Phi) is 7.94. The zero-order valence-corrected chi connectivity index (χ0v) is 23.2. The van der Waals surface area contributed by atoms with Gasteiger partial charge in [-0.2, -0.15) is 9.78 Å². The summed E-state index contributed by atoms with van der Waals surface area (Å²) in [6.45, 7) is 6.42. The molecule has 0 unspecified atom stereocenters. The summed E-state index contributed by atoms with van der Waals surface area (Å²) in [6.07, 6.45) is 1.54. The highest BCUT2D eigenvalue weighted by Gasteiger charge is 2.18. The maximum atomic E-state index is 13.0. The van der Waals surface area contributed by atoms with Gasteiger partial charge in [0.15, 0.2) is 11.5 Å². The molecular formula is C26H22Br2ClN3O3. The number of rotatable bonds is 7. The predicted octanol–water partition coefficient (Wildman–Crippen LogP) is 7.05. The number of benzene rings is 3. The third kappa shape index (κ3) is 5.60. The van der Waals surface area contributed by atoms with Crippen molar-refractivity contribution in [3.8, 4) is 11.5 Å². The van der Waals surface area contributed by atoms with E-state index in [2.05, 4.69) is 48.0 Å². The second-order valence-corrected chi connectivity index (χ2v) is 9.90. The summed E-state index contributed by atoms with van der Waals surface area (Å²) >= 11 is 13.6. The van der Waals surface area contributed by atoms with E-state index in [0.717, 1.165) is 15.6 Å². The molecule has 0 amide bonds. The largest absolute Gasteiger partial charge is 0.490 e. The normalized spacial score (nSPS) is 11.4. The maximum absolute atomic E-state index is 13.0. The molecule has 0 saturated heterocycles. The highest BCUT2D eigenvalue weighted by molar-refractivity contribution is 9.10. The fourth-order valence-electron chi connectivity index (χ4n) is 3.57. The fourth-order valence-corrected chi connectivity index (χ4v) is 4.58. The molecule has 0 N–H and O–H groups in total. The highest BCUT2D eigenvalue weighted by Crippen LogP contribution is 2.42. The van der Waals surface area contributed by atoms with Crippen LogP contribution in [0.4, 0.5) is 0 Å². The van der Waals surface area contributed by atoms with Crippen molar-refractivity contribution in [1.29, 1.82) is 0 Å². The minimum atomic E-state index is -0.268. The van der Waals surface area contributed by atoms with E-state index in [1.165, 1.54) is 4.68 Å². The number of aryl methyl sites for hydroxylation is 2. The molecule has 0 fully saturated rings. The van der Waals surface area contributed by atoms with Crippen molar-refractivity contribution in [2.24, 2.45) is 5.10 Å². The molecule has 0 radical (unpaired) electrons. The van der Waals surface area contributed by atoms with E-state index in [4.69, 9.17) is 21.1 Å². The van der Waals surface area contributed by atoms with Gasteiger partial charge in [-0.3, -0.25) is 4.79 Å². The van der Waals surface area contributed by atoms with Crippen LogP contribution in [0.3, 0.4) is 0 Å². The lowest BCUT2D eigenvalue weighted by molar-refractivity contribution is 0.269. The molecule has 4 aromatic rings. The van der Waals surface area contributed by atoms with Crippen molar-refractivity contribution in [3.63, 3.8) is 0 Å². The number of hydrogen-bond donors (Lipinski definition) is 0. The first-order chi connectivity index (χ1) is 16.8. The molecule has 6 nitrogen and oxygen atoms in total. The van der Waals surface area contributed by atoms with Crippen LogP contribution in [-0.4, -0.2) is 22.5 Å². The summed E-state index contributed by atoms with van der Waals surface area (Å²) in [4.78, 5) is 17.5. The van der Waals surface area contributed by atoms with Gasteiger partial charge in [-0.1, -0.05) is 57.4 Å². The second-order valence-electron chi connectivity index (χ2n) is 7.81. The fraction of sp³-hybridized carbons (Fsp3) is 0.192. The first kappa shape index (κ1) is 25.4. The average molecular weight is 620 g/mol. The number of nitrogens with zero attached hydrogens (tertiary/aromatic N) is 3. The van der Waals surface area contributed by atoms with Crippen molar-refractivity contribution in [2.45, 2.75) is 27.4 Å². The Morgan fingerprint density at radius 2 is 1.91 bits per heavy atom. The lowest BCUT2D eigenvalue weighted by atomic mass is 10.1. The standard InChI is InChI=1S/C26H22Br2ClN3O3/c1-4-34-22-11-18(23(28)24(29)25(22)35-14-17-7-5-6-15(2)10-17)13-30-32-16(3)31-21-9-8-19(27)12-20(21)26(32)33/h5-13H,4,14H2,1-3H3. The molecule has 0 saturated carbocycles. The lowest BCUT2D eigenvalue weighted by Crippen LogP contribution is -2.20. The molecule has 0 aliphatic heterocycles. The van der Waals surface area contributed by atoms with E-state index in [0.29, 0.717) is 56.5 Å². The molecule has 4 rings (SSSR count). The van der Waals surface area contributed by atoms with Gasteiger partial charge in [0.1, 0.15) is 17.5 Å². The summed E-state index contributed by atoms with van der Waals surface area (Å²) in [7, 11) is 0.